The minimum absolute atomic E-state index is 0.0126. The highest BCUT2D eigenvalue weighted by Crippen LogP contribution is 2.21. The molecule has 29 heavy (non-hydrogen) atoms. The molecule has 1 atom stereocenters. The maximum atomic E-state index is 12.5. The second-order valence-corrected chi connectivity index (χ2v) is 6.88. The van der Waals surface area contributed by atoms with E-state index in [4.69, 9.17) is 22.2 Å². The van der Waals surface area contributed by atoms with E-state index < -0.39 is 97.6 Å². The molecule has 152 valence electrons. The Kier molecular flexibility index (Phi) is 3.64. The number of aliphatic hydroxyl groups is 1. The normalized spacial score (nSPS) is 19.4. The van der Waals surface area contributed by atoms with Crippen LogP contribution in [0.25, 0.3) is 0 Å². The van der Waals surface area contributed by atoms with Gasteiger partial charge in [-0.3, -0.25) is 4.79 Å². The van der Waals surface area contributed by atoms with Gasteiger partial charge in [0.05, 0.1) is 31.9 Å². The molecule has 0 unspecified atom stereocenters. The molecule has 4 N–H and O–H groups in total. The van der Waals surface area contributed by atoms with Gasteiger partial charge in [-0.15, -0.1) is 11.3 Å². The number of aromatic nitrogens is 1. The Balaban J connectivity index is 1.83. The predicted octanol–water partition coefficient (Wildman–Crippen LogP) is 4.66. The molecule has 0 fully saturated rings. The molecular weight excluding hydrogens is 382 g/mol. The molecule has 0 saturated carbocycles. The van der Waals surface area contributed by atoms with Gasteiger partial charge < -0.3 is 16.2 Å². The van der Waals surface area contributed by atoms with E-state index in [0.29, 0.717) is 0 Å². The number of thiazole rings is 1. The van der Waals surface area contributed by atoms with Gasteiger partial charge in [0, 0.05) is 13.8 Å². The van der Waals surface area contributed by atoms with Gasteiger partial charge in [-0.1, -0.05) is 48.2 Å². The first kappa shape index (κ1) is 10.4. The highest BCUT2D eigenvalue weighted by atomic mass is 32.1. The van der Waals surface area contributed by atoms with Crippen LogP contribution < -0.4 is 11.1 Å². The summed E-state index contributed by atoms with van der Waals surface area (Å²) in [5.74, 6) is -0.755. The number of rotatable bonds is 9. The molecule has 1 amide bonds. The Hall–Kier alpha value is -2.70. The lowest BCUT2D eigenvalue weighted by molar-refractivity contribution is -0.115. The quantitative estimate of drug-likeness (QED) is 0.469. The van der Waals surface area contributed by atoms with Crippen molar-refractivity contribution in [1.82, 2.24) is 4.98 Å². The standard InChI is InChI=1S/C23H27N3O2S/c1-16-5-4-7-18(13-16)21(27)8-3-2-6-17-9-11-19(12-10-17)25-22(28)14-20-15-29-23(24)26-20/h4-5,7,9-13,15,21,27H,2-3,6,8,14H2,1H3,(H2,24,26)(H,25,28)/t21-/m0/s1/i2D2,4D,5D,7D,9D,10D,11D,12D,13D,15D,21D. The molecule has 0 aliphatic rings. The van der Waals surface area contributed by atoms with Crippen LogP contribution >= 0.6 is 11.3 Å². The maximum Gasteiger partial charge on any atom is 0.230 e. The number of amides is 1. The van der Waals surface area contributed by atoms with E-state index >= 15 is 0 Å². The summed E-state index contributed by atoms with van der Waals surface area (Å²) in [7, 11) is 0. The molecule has 0 saturated heterocycles. The maximum absolute atomic E-state index is 12.5. The molecule has 0 aliphatic carbocycles. The van der Waals surface area contributed by atoms with E-state index in [0.717, 1.165) is 11.3 Å². The third kappa shape index (κ3) is 6.69. The number of hydrogen-bond acceptors (Lipinski definition) is 5. The molecule has 0 spiro atoms. The first-order valence-electron chi connectivity index (χ1n) is 14.7. The Morgan fingerprint density at radius 3 is 2.90 bits per heavy atom. The van der Waals surface area contributed by atoms with Gasteiger partial charge in [0.1, 0.15) is 0 Å². The van der Waals surface area contributed by atoms with E-state index in [1.807, 2.05) is 0 Å². The highest BCUT2D eigenvalue weighted by molar-refractivity contribution is 7.13. The molecule has 0 radical (unpaired) electrons. The van der Waals surface area contributed by atoms with Crippen molar-refractivity contribution in [3.8, 4) is 0 Å². The largest absolute Gasteiger partial charge is 0.388 e. The van der Waals surface area contributed by atoms with Crippen LogP contribution in [-0.4, -0.2) is 16.0 Å². The van der Waals surface area contributed by atoms with Crippen LogP contribution in [0.3, 0.4) is 0 Å². The monoisotopic (exact) mass is 421 g/mol. The Morgan fingerprint density at radius 1 is 1.38 bits per heavy atom. The minimum Gasteiger partial charge on any atom is -0.388 e. The molecule has 0 bridgehead atoms. The number of hydrogen-bond donors (Lipinski definition) is 3. The van der Waals surface area contributed by atoms with Crippen molar-refractivity contribution >= 4 is 28.1 Å². The minimum atomic E-state index is -2.65. The molecule has 6 heteroatoms. The van der Waals surface area contributed by atoms with E-state index in [9.17, 15) is 9.90 Å². The third-order valence-corrected chi connectivity index (χ3v) is 4.30. The van der Waals surface area contributed by atoms with Gasteiger partial charge >= 0.3 is 0 Å². The van der Waals surface area contributed by atoms with E-state index in [1.54, 1.807) is 0 Å². The summed E-state index contributed by atoms with van der Waals surface area (Å²) in [6.07, 6.45) is -7.16. The molecule has 1 aromatic heterocycles. The van der Waals surface area contributed by atoms with Crippen LogP contribution in [-0.2, 0) is 17.6 Å². The summed E-state index contributed by atoms with van der Waals surface area (Å²) in [6.45, 7) is 1.34. The summed E-state index contributed by atoms with van der Waals surface area (Å²) in [4.78, 5) is 16.3. The van der Waals surface area contributed by atoms with Gasteiger partial charge in [0.15, 0.2) is 5.13 Å². The van der Waals surface area contributed by atoms with Gasteiger partial charge in [0.2, 0.25) is 5.91 Å². The fraction of sp³-hybridized carbons (Fsp3) is 0.304. The second kappa shape index (κ2) is 10.2. The van der Waals surface area contributed by atoms with Crippen LogP contribution in [0.2, 0.25) is 0 Å². The SMILES string of the molecule is [2H]c1sc(N)nc1CC(=O)Nc1c([2H])c([2H])c(CC([2H])([2H])CC[C@]([2H])(O)c2c([2H])c([2H])c([2H])c(C)c2[2H])c([2H])c1[2H]. The number of benzene rings is 2. The molecular formula is C23H27N3O2S. The van der Waals surface area contributed by atoms with Crippen LogP contribution in [0.4, 0.5) is 10.8 Å². The summed E-state index contributed by atoms with van der Waals surface area (Å²) >= 11 is 0.865. The van der Waals surface area contributed by atoms with Gasteiger partial charge in [0.25, 0.3) is 0 Å². The van der Waals surface area contributed by atoms with E-state index in [-0.39, 0.29) is 33.4 Å². The Morgan fingerprint density at radius 2 is 2.17 bits per heavy atom. The lowest BCUT2D eigenvalue weighted by Crippen LogP contribution is -2.14. The predicted molar refractivity (Wildman–Crippen MR) is 119 cm³/mol. The Bertz CT molecular complexity index is 1470. The van der Waals surface area contributed by atoms with Crippen LogP contribution in [0, 0.1) is 6.92 Å². The highest BCUT2D eigenvalue weighted by Gasteiger charge is 2.08. The molecule has 0 aliphatic heterocycles. The average molecular weight is 422 g/mol. The van der Waals surface area contributed by atoms with Crippen molar-refractivity contribution in [3.05, 3.63) is 76.1 Å². The molecule has 3 rings (SSSR count). The molecule has 1 heterocycles. The number of nitrogen functional groups attached to an aromatic ring is 1. The number of nitrogens with zero attached hydrogens (tertiary/aromatic N) is 1. The number of carbonyl (C=O) groups is 1. The lowest BCUT2D eigenvalue weighted by Gasteiger charge is -2.11. The summed E-state index contributed by atoms with van der Waals surface area (Å²) < 4.78 is 98.0. The van der Waals surface area contributed by atoms with Crippen molar-refractivity contribution in [2.24, 2.45) is 0 Å². The summed E-state index contributed by atoms with van der Waals surface area (Å²) in [6, 6.07) is -4.57. The van der Waals surface area contributed by atoms with Gasteiger partial charge in [-0.05, 0) is 49.4 Å². The number of anilines is 2. The van der Waals surface area contributed by atoms with Crippen molar-refractivity contribution in [2.75, 3.05) is 11.1 Å². The van der Waals surface area contributed by atoms with Gasteiger partial charge in [-0.25, -0.2) is 4.98 Å². The number of carbonyl (C=O) groups excluding carboxylic acids is 1. The first-order valence-corrected chi connectivity index (χ1v) is 9.51. The zero-order chi connectivity index (χ0) is 31.2. The van der Waals surface area contributed by atoms with Crippen molar-refractivity contribution in [3.63, 3.8) is 0 Å². The van der Waals surface area contributed by atoms with E-state index in [1.165, 1.54) is 6.92 Å². The fourth-order valence-electron chi connectivity index (χ4n) is 2.32. The average Bonchev–Trinajstić information content (AvgIpc) is 3.20. The fourth-order valence-corrected chi connectivity index (χ4v) is 2.81. The second-order valence-electron chi connectivity index (χ2n) is 6.05. The lowest BCUT2D eigenvalue weighted by atomic mass is 10.00. The number of nitrogens with one attached hydrogen (secondary N) is 1. The third-order valence-electron chi connectivity index (χ3n) is 3.67. The zero-order valence-corrected chi connectivity index (χ0v) is 16.4. The number of nitrogens with two attached hydrogens (primary N) is 1. The van der Waals surface area contributed by atoms with Crippen LogP contribution in [0.15, 0.2) is 53.7 Å². The molecule has 3 aromatic rings. The molecule has 2 aromatic carbocycles. The smallest absolute Gasteiger partial charge is 0.230 e. The first-order chi connectivity index (χ1) is 18.8. The topological polar surface area (TPSA) is 88.2 Å². The van der Waals surface area contributed by atoms with Crippen molar-refractivity contribution in [1.29, 1.82) is 0 Å². The zero-order valence-electron chi connectivity index (χ0n) is 27.6. The van der Waals surface area contributed by atoms with Crippen molar-refractivity contribution < 1.29 is 26.4 Å². The van der Waals surface area contributed by atoms with Crippen molar-refractivity contribution in [2.45, 2.75) is 45.1 Å². The van der Waals surface area contributed by atoms with E-state index in [2.05, 4.69) is 10.3 Å². The summed E-state index contributed by atoms with van der Waals surface area (Å²) in [5, 5.41) is 13.1. The van der Waals surface area contributed by atoms with Gasteiger partial charge in [-0.2, -0.15) is 0 Å². The molecule has 5 nitrogen and oxygen atoms in total. The van der Waals surface area contributed by atoms with Crippen LogP contribution in [0.1, 0.15) is 64.1 Å². The summed E-state index contributed by atoms with van der Waals surface area (Å²) in [5.41, 5.74) is 4.33. The Labute approximate surface area is 192 Å². The van der Waals surface area contributed by atoms with Crippen LogP contribution in [0.5, 0.6) is 0 Å².